The fraction of sp³-hybridized carbons (Fsp3) is 0.623. The molecule has 0 bridgehead atoms. The Morgan fingerprint density at radius 2 is 1.02 bits per heavy atom. The molecule has 19 heteroatoms. The second-order valence-corrected chi connectivity index (χ2v) is 25.4. The van der Waals surface area contributed by atoms with E-state index in [1.165, 1.54) is 0 Å². The van der Waals surface area contributed by atoms with Crippen LogP contribution in [-0.4, -0.2) is 142 Å². The molecule has 2 aromatic heterocycles. The predicted octanol–water partition coefficient (Wildman–Crippen LogP) is 5.37. The van der Waals surface area contributed by atoms with Gasteiger partial charge in [0.1, 0.15) is 36.6 Å². The summed E-state index contributed by atoms with van der Waals surface area (Å²) in [5.41, 5.74) is 20.9. The van der Waals surface area contributed by atoms with E-state index in [0.717, 1.165) is 115 Å². The van der Waals surface area contributed by atoms with Crippen molar-refractivity contribution < 1.29 is 68.8 Å². The Bertz CT molecular complexity index is 2750. The third-order valence-electron chi connectivity index (χ3n) is 17.7. The van der Waals surface area contributed by atoms with Gasteiger partial charge in [0.15, 0.2) is 24.1 Å². The van der Waals surface area contributed by atoms with Crippen molar-refractivity contribution in [3.63, 3.8) is 0 Å². The van der Waals surface area contributed by atoms with E-state index in [-0.39, 0.29) is 34.6 Å². The van der Waals surface area contributed by atoms with Crippen molar-refractivity contribution in [1.29, 1.82) is 0 Å². The summed E-state index contributed by atoms with van der Waals surface area (Å²) in [6.45, 7) is 15.5. The highest BCUT2D eigenvalue weighted by Crippen LogP contribution is 2.41. The number of ether oxygens (including phenoxy) is 4. The largest absolute Gasteiger partial charge is 0.388 e. The summed E-state index contributed by atoms with van der Waals surface area (Å²) in [6.07, 6.45) is 1.18. The Labute approximate surface area is 467 Å². The van der Waals surface area contributed by atoms with Crippen LogP contribution in [0.3, 0.4) is 0 Å². The van der Waals surface area contributed by atoms with E-state index in [4.69, 9.17) is 35.5 Å². The number of aryl methyl sites for hydroxylation is 2. The van der Waals surface area contributed by atoms with Gasteiger partial charge in [-0.25, -0.2) is 4.68 Å². The average Bonchev–Trinajstić information content (AvgIpc) is 3.94. The third-order valence-corrected chi connectivity index (χ3v) is 17.7. The zero-order valence-electron chi connectivity index (χ0n) is 47.5. The number of primary amides is 2. The molecule has 4 fully saturated rings. The van der Waals surface area contributed by atoms with Gasteiger partial charge in [-0.1, -0.05) is 27.7 Å². The summed E-state index contributed by atoms with van der Waals surface area (Å²) in [7, 11) is 0. The normalized spacial score (nSPS) is 32.1. The van der Waals surface area contributed by atoms with Crippen LogP contribution in [0.4, 0.5) is 0 Å². The van der Waals surface area contributed by atoms with Crippen molar-refractivity contribution in [1.82, 2.24) is 14.3 Å². The first-order valence-electron chi connectivity index (χ1n) is 28.6. The van der Waals surface area contributed by atoms with Crippen LogP contribution >= 0.6 is 0 Å². The van der Waals surface area contributed by atoms with Gasteiger partial charge < -0.3 is 65.6 Å². The zero-order valence-corrected chi connectivity index (χ0v) is 47.5. The molecule has 4 aliphatic carbocycles. The van der Waals surface area contributed by atoms with Crippen molar-refractivity contribution in [2.45, 2.75) is 219 Å². The molecule has 2 aromatic carbocycles. The molecule has 6 aliphatic rings. The minimum atomic E-state index is -1.32. The maximum absolute atomic E-state index is 12.9. The fourth-order valence-electron chi connectivity index (χ4n) is 13.3. The first kappa shape index (κ1) is 59.4. The monoisotopic (exact) mass is 1110 g/mol. The average molecular weight is 1110 g/mol. The minimum absolute atomic E-state index is 0.113. The van der Waals surface area contributed by atoms with Gasteiger partial charge in [-0.05, 0) is 180 Å². The van der Waals surface area contributed by atoms with Gasteiger partial charge >= 0.3 is 0 Å². The quantitative estimate of drug-likeness (QED) is 0.0885. The molecule has 19 nitrogen and oxygen atoms in total. The molecule has 2 saturated heterocycles. The number of amides is 2. The molecule has 2 aliphatic heterocycles. The Kier molecular flexibility index (Phi) is 17.5. The summed E-state index contributed by atoms with van der Waals surface area (Å²) >= 11 is 0. The van der Waals surface area contributed by atoms with Gasteiger partial charge in [-0.15, -0.1) is 0 Å². The number of aliphatic hydroxyl groups is 6. The molecule has 0 radical (unpaired) electrons. The molecule has 436 valence electrons. The number of hydrogen-bond donors (Lipinski definition) is 8. The van der Waals surface area contributed by atoms with E-state index in [0.29, 0.717) is 54.2 Å². The summed E-state index contributed by atoms with van der Waals surface area (Å²) in [5, 5.41) is 65.3. The molecular weight excluding hydrogens is 1030 g/mol. The van der Waals surface area contributed by atoms with Crippen LogP contribution < -0.4 is 11.5 Å². The lowest BCUT2D eigenvalue weighted by Gasteiger charge is -2.41. The van der Waals surface area contributed by atoms with Gasteiger partial charge in [0.25, 0.3) is 0 Å². The summed E-state index contributed by atoms with van der Waals surface area (Å²) in [6, 6.07) is 11.3. The molecule has 80 heavy (non-hydrogen) atoms. The molecule has 10 atom stereocenters. The number of rotatable bonds is 12. The number of Topliss-reactive ketones (excluding diaryl/α,β-unsaturated/α-hetero) is 2. The van der Waals surface area contributed by atoms with Crippen LogP contribution in [0.2, 0.25) is 0 Å². The van der Waals surface area contributed by atoms with Gasteiger partial charge in [0.2, 0.25) is 11.8 Å². The van der Waals surface area contributed by atoms with Crippen molar-refractivity contribution in [2.24, 2.45) is 34.1 Å². The number of nitrogens with zero attached hydrogens (tertiary/aromatic N) is 3. The van der Waals surface area contributed by atoms with E-state index >= 15 is 0 Å². The van der Waals surface area contributed by atoms with Crippen LogP contribution in [-0.2, 0) is 44.6 Å². The second-order valence-electron chi connectivity index (χ2n) is 25.4. The lowest BCUT2D eigenvalue weighted by molar-refractivity contribution is -0.306. The number of fused-ring (bicyclic) bond motifs is 2. The predicted molar refractivity (Wildman–Crippen MR) is 294 cm³/mol. The second kappa shape index (κ2) is 23.6. The SMILES string of the molecule is Cc1cn(-c2ccc(C(N)=O)c(CC3CCC(O[C@@H]4O[C@@H](C)[C@@H](O)[C@@H](O)[C@@H]4O)CC3)c2)c2c1C(=O)CC(C)(C)C2.Cc1nn(-c2ccc(C(N)=O)c(CC3CCC(O[C@@H]4O[C@@H](C)[C@@H](O)[C@@H](O)[C@@H]4O)CC3)c2)c2c1C(=O)CC(C)(C)C2. The lowest BCUT2D eigenvalue weighted by atomic mass is 9.75. The lowest BCUT2D eigenvalue weighted by Crippen LogP contribution is -2.58. The molecule has 0 spiro atoms. The molecule has 4 aromatic rings. The Morgan fingerprint density at radius 1 is 0.600 bits per heavy atom. The molecule has 10 rings (SSSR count). The molecule has 4 heterocycles. The summed E-state index contributed by atoms with van der Waals surface area (Å²) in [4.78, 5) is 50.5. The van der Waals surface area contributed by atoms with Crippen LogP contribution in [0.1, 0.15) is 181 Å². The van der Waals surface area contributed by atoms with Crippen molar-refractivity contribution in [2.75, 3.05) is 0 Å². The van der Waals surface area contributed by atoms with Crippen molar-refractivity contribution in [3.8, 4) is 11.4 Å². The van der Waals surface area contributed by atoms with E-state index in [9.17, 15) is 49.8 Å². The zero-order chi connectivity index (χ0) is 57.9. The van der Waals surface area contributed by atoms with E-state index in [1.54, 1.807) is 26.0 Å². The highest BCUT2D eigenvalue weighted by atomic mass is 16.7. The number of ketones is 2. The molecule has 2 saturated carbocycles. The minimum Gasteiger partial charge on any atom is -0.388 e. The summed E-state index contributed by atoms with van der Waals surface area (Å²) < 4.78 is 27.2. The van der Waals surface area contributed by atoms with Gasteiger partial charge in [-0.3, -0.25) is 19.2 Å². The standard InChI is InChI=1S/C31H42N2O7.C30H41N3O7/c1-16-15-33(23-13-31(3,4)14-24(34)25(16)23)20-7-10-22(29(32)38)19(12-20)11-18-5-8-21(9-6-18)40-30-28(37)27(36)26(35)17(2)39-30;1-15-24-22(13-30(3,4)14-23(24)34)33(32-15)19-7-10-21(28(31)38)18(12-19)11-17-5-8-20(9-6-17)40-29-27(37)26(36)25(35)16(2)39-29/h7,10,12,15,17-18,21,26-28,30,35-37H,5-6,8-9,11,13-14H2,1-4H3,(H2,32,38);7,10,12,16-17,20,25-27,29,35-37H,5-6,8-9,11,13-14H2,1-4H3,(H2,31,38)/t17-,18?,21?,26+,27+,28-,30-;16-,17?,20?,25+,26+,27-,29-/m00/s1. The molecule has 0 unspecified atom stereocenters. The number of aliphatic hydroxyl groups excluding tert-OH is 6. The first-order valence-corrected chi connectivity index (χ1v) is 28.6. The van der Waals surface area contributed by atoms with Crippen LogP contribution in [0.5, 0.6) is 0 Å². The third kappa shape index (κ3) is 12.6. The van der Waals surface area contributed by atoms with E-state index in [2.05, 4.69) is 32.3 Å². The van der Waals surface area contributed by atoms with Crippen LogP contribution in [0, 0.1) is 36.5 Å². The molecular formula is C61H83N5O14. The van der Waals surface area contributed by atoms with E-state index < -0.39 is 73.2 Å². The highest BCUT2D eigenvalue weighted by Gasteiger charge is 2.45. The van der Waals surface area contributed by atoms with Crippen LogP contribution in [0.15, 0.2) is 42.6 Å². The molecule has 10 N–H and O–H groups in total. The molecule has 2 amide bonds. The fourth-order valence-corrected chi connectivity index (χ4v) is 13.3. The van der Waals surface area contributed by atoms with Crippen molar-refractivity contribution >= 4 is 23.4 Å². The Balaban J connectivity index is 0.000000194. The van der Waals surface area contributed by atoms with Gasteiger partial charge in [0, 0.05) is 47.1 Å². The Hall–Kier alpha value is -5.19. The number of carbonyl (C=O) groups excluding carboxylic acids is 4. The number of carbonyl (C=O) groups is 4. The maximum Gasteiger partial charge on any atom is 0.248 e. The van der Waals surface area contributed by atoms with Crippen molar-refractivity contribution in [3.05, 3.63) is 98.6 Å². The number of aromatic nitrogens is 3. The first-order chi connectivity index (χ1) is 37.7. The number of nitrogens with two attached hydrogens (primary N) is 2. The number of hydrogen-bond acceptors (Lipinski definition) is 15. The van der Waals surface area contributed by atoms with Crippen LogP contribution in [0.25, 0.3) is 11.4 Å². The van der Waals surface area contributed by atoms with Gasteiger partial charge in [0.05, 0.1) is 47.1 Å². The number of benzene rings is 2. The Morgan fingerprint density at radius 3 is 1.49 bits per heavy atom. The van der Waals surface area contributed by atoms with Gasteiger partial charge in [-0.2, -0.15) is 5.10 Å². The highest BCUT2D eigenvalue weighted by molar-refractivity contribution is 6.01. The van der Waals surface area contributed by atoms with E-state index in [1.807, 2.05) is 49.0 Å². The summed E-state index contributed by atoms with van der Waals surface area (Å²) in [5.74, 6) is -0.0233. The topological polar surface area (TPSA) is 301 Å². The smallest absolute Gasteiger partial charge is 0.248 e. The maximum atomic E-state index is 12.9.